The highest BCUT2D eigenvalue weighted by molar-refractivity contribution is 5.73. The van der Waals surface area contributed by atoms with Gasteiger partial charge in [0.2, 0.25) is 0 Å². The number of fused-ring (bicyclic) bond motifs is 1. The molecule has 0 aromatic heterocycles. The second kappa shape index (κ2) is 8.79. The van der Waals surface area contributed by atoms with E-state index in [0.29, 0.717) is 6.61 Å². The van der Waals surface area contributed by atoms with Gasteiger partial charge in [-0.1, -0.05) is 40.0 Å². The number of carbonyl (C=O) groups excluding carboxylic acids is 1. The summed E-state index contributed by atoms with van der Waals surface area (Å²) in [6, 6.07) is 0. The van der Waals surface area contributed by atoms with Crippen LogP contribution in [0.15, 0.2) is 0 Å². The fourth-order valence-corrected chi connectivity index (χ4v) is 4.37. The van der Waals surface area contributed by atoms with E-state index in [2.05, 4.69) is 20.8 Å². The monoisotopic (exact) mass is 414 g/mol. The van der Waals surface area contributed by atoms with E-state index in [-0.39, 0.29) is 23.9 Å². The lowest BCUT2D eigenvalue weighted by Crippen LogP contribution is -2.46. The summed E-state index contributed by atoms with van der Waals surface area (Å²) in [7, 11) is 0. The molecule has 3 fully saturated rings. The first kappa shape index (κ1) is 22.9. The van der Waals surface area contributed by atoms with Gasteiger partial charge >= 0.3 is 5.97 Å². The van der Waals surface area contributed by atoms with Crippen molar-refractivity contribution in [2.75, 3.05) is 6.61 Å². The second-order valence-electron chi connectivity index (χ2n) is 9.68. The van der Waals surface area contributed by atoms with Crippen LogP contribution in [0.25, 0.3) is 0 Å². The Bertz CT molecular complexity index is 574. The van der Waals surface area contributed by atoms with Crippen LogP contribution in [0.5, 0.6) is 0 Å². The number of hydrogen-bond donors (Lipinski definition) is 0. The van der Waals surface area contributed by atoms with Crippen molar-refractivity contribution in [2.24, 2.45) is 11.8 Å². The molecule has 3 aliphatic heterocycles. The third kappa shape index (κ3) is 5.31. The summed E-state index contributed by atoms with van der Waals surface area (Å²) in [5.74, 6) is -1.61. The van der Waals surface area contributed by atoms with E-state index in [9.17, 15) is 4.79 Å². The first-order chi connectivity index (χ1) is 13.5. The molecule has 0 amide bonds. The topological polar surface area (TPSA) is 72.5 Å². The van der Waals surface area contributed by atoms with Crippen molar-refractivity contribution in [3.63, 3.8) is 0 Å². The van der Waals surface area contributed by atoms with E-state index in [1.807, 2.05) is 27.7 Å². The molecule has 0 aliphatic carbocycles. The summed E-state index contributed by atoms with van der Waals surface area (Å²) in [5.41, 5.74) is 0. The van der Waals surface area contributed by atoms with Crippen molar-refractivity contribution < 1.29 is 33.2 Å². The number of hydrogen-bond acceptors (Lipinski definition) is 7. The summed E-state index contributed by atoms with van der Waals surface area (Å²) in [6.07, 6.45) is 1.59. The Balaban J connectivity index is 1.73. The summed E-state index contributed by atoms with van der Waals surface area (Å²) in [6.45, 7) is 14.1. The number of carbonyl (C=O) groups is 1. The molecule has 0 spiro atoms. The van der Waals surface area contributed by atoms with Crippen LogP contribution in [0.4, 0.5) is 0 Å². The molecular weight excluding hydrogens is 376 g/mol. The first-order valence-corrected chi connectivity index (χ1v) is 11.1. The molecule has 29 heavy (non-hydrogen) atoms. The van der Waals surface area contributed by atoms with Gasteiger partial charge in [-0.15, -0.1) is 0 Å². The Morgan fingerprint density at radius 3 is 2.34 bits per heavy atom. The van der Waals surface area contributed by atoms with E-state index in [1.54, 1.807) is 0 Å². The van der Waals surface area contributed by atoms with Crippen LogP contribution in [0.1, 0.15) is 74.1 Å². The molecule has 0 aromatic carbocycles. The number of esters is 1. The van der Waals surface area contributed by atoms with Gasteiger partial charge in [0.15, 0.2) is 30.1 Å². The van der Waals surface area contributed by atoms with E-state index >= 15 is 0 Å². The molecule has 6 atom stereocenters. The van der Waals surface area contributed by atoms with Crippen molar-refractivity contribution >= 4 is 5.97 Å². The normalized spacial score (nSPS) is 36.3. The minimum atomic E-state index is -0.782. The SMILES string of the molecule is CCCCC[C@H](C(=O)O[C@@H]1[C@H]2OC(C)(C)O[C@H]2O[C@@H]1[C@H]1COC(C)(C)O1)C(C)C. The maximum Gasteiger partial charge on any atom is 0.309 e. The Morgan fingerprint density at radius 1 is 1.03 bits per heavy atom. The van der Waals surface area contributed by atoms with Crippen LogP contribution in [0.3, 0.4) is 0 Å². The minimum Gasteiger partial charge on any atom is -0.456 e. The zero-order chi connectivity index (χ0) is 21.4. The van der Waals surface area contributed by atoms with Crippen LogP contribution >= 0.6 is 0 Å². The highest BCUT2D eigenvalue weighted by Gasteiger charge is 2.60. The summed E-state index contributed by atoms with van der Waals surface area (Å²) >= 11 is 0. The summed E-state index contributed by atoms with van der Waals surface area (Å²) in [5, 5.41) is 0. The van der Waals surface area contributed by atoms with E-state index in [1.165, 1.54) is 0 Å². The van der Waals surface area contributed by atoms with Crippen LogP contribution in [-0.2, 0) is 33.2 Å². The van der Waals surface area contributed by atoms with E-state index in [0.717, 1.165) is 25.7 Å². The molecule has 0 aromatic rings. The average molecular weight is 415 g/mol. The highest BCUT2D eigenvalue weighted by Crippen LogP contribution is 2.42. The Hall–Kier alpha value is -0.730. The van der Waals surface area contributed by atoms with Gasteiger partial charge in [0.05, 0.1) is 12.5 Å². The fourth-order valence-electron chi connectivity index (χ4n) is 4.37. The van der Waals surface area contributed by atoms with Crippen molar-refractivity contribution in [1.29, 1.82) is 0 Å². The van der Waals surface area contributed by atoms with E-state index in [4.69, 9.17) is 28.4 Å². The zero-order valence-electron chi connectivity index (χ0n) is 18.9. The lowest BCUT2D eigenvalue weighted by molar-refractivity contribution is -0.236. The smallest absolute Gasteiger partial charge is 0.309 e. The van der Waals surface area contributed by atoms with Gasteiger partial charge in [-0.2, -0.15) is 0 Å². The lowest BCUT2D eigenvalue weighted by Gasteiger charge is -2.30. The molecule has 0 unspecified atom stereocenters. The van der Waals surface area contributed by atoms with Gasteiger partial charge < -0.3 is 28.4 Å². The molecule has 168 valence electrons. The summed E-state index contributed by atoms with van der Waals surface area (Å²) in [4.78, 5) is 13.1. The number of unbranched alkanes of at least 4 members (excludes halogenated alkanes) is 2. The first-order valence-electron chi connectivity index (χ1n) is 11.1. The maximum absolute atomic E-state index is 13.1. The molecule has 3 rings (SSSR count). The quantitative estimate of drug-likeness (QED) is 0.442. The van der Waals surface area contributed by atoms with Gasteiger partial charge in [-0.05, 0) is 40.0 Å². The molecule has 0 bridgehead atoms. The molecule has 3 heterocycles. The number of ether oxygens (including phenoxy) is 6. The lowest BCUT2D eigenvalue weighted by atomic mass is 9.90. The van der Waals surface area contributed by atoms with Gasteiger partial charge in [0, 0.05) is 0 Å². The van der Waals surface area contributed by atoms with Crippen LogP contribution in [0, 0.1) is 11.8 Å². The second-order valence-corrected chi connectivity index (χ2v) is 9.68. The Kier molecular flexibility index (Phi) is 6.95. The van der Waals surface area contributed by atoms with Crippen LogP contribution in [0.2, 0.25) is 0 Å². The zero-order valence-corrected chi connectivity index (χ0v) is 18.9. The van der Waals surface area contributed by atoms with Crippen molar-refractivity contribution in [3.05, 3.63) is 0 Å². The van der Waals surface area contributed by atoms with Crippen molar-refractivity contribution in [2.45, 2.75) is 116 Å². The van der Waals surface area contributed by atoms with Crippen LogP contribution < -0.4 is 0 Å². The Morgan fingerprint density at radius 2 is 1.76 bits per heavy atom. The average Bonchev–Trinajstić information content (AvgIpc) is 3.21. The number of rotatable bonds is 8. The Labute approximate surface area is 174 Å². The standard InChI is InChI=1S/C22H38O7/c1-8-9-10-11-14(13(2)3)19(23)25-17-16(15-12-24-21(4,5)27-15)26-20-18(17)28-22(6,7)29-20/h13-18,20H,8-12H2,1-7H3/t14-,15+,16+,17-,18+,20+/m0/s1. The third-order valence-corrected chi connectivity index (χ3v) is 5.90. The van der Waals surface area contributed by atoms with Crippen LogP contribution in [-0.4, -0.2) is 54.9 Å². The maximum atomic E-state index is 13.1. The molecule has 7 nitrogen and oxygen atoms in total. The van der Waals surface area contributed by atoms with E-state index < -0.39 is 36.2 Å². The van der Waals surface area contributed by atoms with Gasteiger partial charge in [0.25, 0.3) is 0 Å². The van der Waals surface area contributed by atoms with Crippen molar-refractivity contribution in [1.82, 2.24) is 0 Å². The molecule has 3 aliphatic rings. The molecule has 0 saturated carbocycles. The highest BCUT2D eigenvalue weighted by atomic mass is 16.8. The molecule has 0 N–H and O–H groups in total. The molecule has 0 radical (unpaired) electrons. The summed E-state index contributed by atoms with van der Waals surface area (Å²) < 4.78 is 35.8. The molecule has 7 heteroatoms. The predicted octanol–water partition coefficient (Wildman–Crippen LogP) is 3.78. The van der Waals surface area contributed by atoms with Gasteiger partial charge in [0.1, 0.15) is 12.2 Å². The predicted molar refractivity (Wildman–Crippen MR) is 106 cm³/mol. The van der Waals surface area contributed by atoms with Crippen molar-refractivity contribution in [3.8, 4) is 0 Å². The van der Waals surface area contributed by atoms with Gasteiger partial charge in [-0.25, -0.2) is 0 Å². The minimum absolute atomic E-state index is 0.145. The third-order valence-electron chi connectivity index (χ3n) is 5.90. The fraction of sp³-hybridized carbons (Fsp3) is 0.955. The van der Waals surface area contributed by atoms with Gasteiger partial charge in [-0.3, -0.25) is 4.79 Å². The largest absolute Gasteiger partial charge is 0.456 e. The molecular formula is C22H38O7. The molecule has 3 saturated heterocycles.